The summed E-state index contributed by atoms with van der Waals surface area (Å²) in [6, 6.07) is 18.7. The molecule has 0 radical (unpaired) electrons. The number of benzene rings is 2. The fourth-order valence-corrected chi connectivity index (χ4v) is 5.86. The molecule has 0 saturated carbocycles. The Labute approximate surface area is 180 Å². The van der Waals surface area contributed by atoms with Crippen molar-refractivity contribution in [1.82, 2.24) is 4.90 Å². The lowest BCUT2D eigenvalue weighted by atomic mass is 9.99. The SMILES string of the molecule is Cc1ccc(NS(=O)(=O)c2ccsc2C(=O)N2CC=C(c3ccccc3)CC2)cc1. The molecule has 0 atom stereocenters. The molecule has 0 fully saturated rings. The average Bonchev–Trinajstić information content (AvgIpc) is 3.27. The van der Waals surface area contributed by atoms with Crippen molar-refractivity contribution in [1.29, 1.82) is 0 Å². The molecule has 1 N–H and O–H groups in total. The summed E-state index contributed by atoms with van der Waals surface area (Å²) in [6.07, 6.45) is 2.79. The highest BCUT2D eigenvalue weighted by Crippen LogP contribution is 2.28. The smallest absolute Gasteiger partial charge is 0.265 e. The van der Waals surface area contributed by atoms with Crippen molar-refractivity contribution in [2.45, 2.75) is 18.2 Å². The van der Waals surface area contributed by atoms with Gasteiger partial charge in [0.05, 0.1) is 0 Å². The highest BCUT2D eigenvalue weighted by molar-refractivity contribution is 7.93. The van der Waals surface area contributed by atoms with E-state index < -0.39 is 10.0 Å². The highest BCUT2D eigenvalue weighted by atomic mass is 32.2. The van der Waals surface area contributed by atoms with Gasteiger partial charge in [-0.25, -0.2) is 8.42 Å². The van der Waals surface area contributed by atoms with E-state index in [1.165, 1.54) is 11.6 Å². The van der Waals surface area contributed by atoms with Crippen LogP contribution in [0.3, 0.4) is 0 Å². The van der Waals surface area contributed by atoms with Gasteiger partial charge in [-0.1, -0.05) is 54.1 Å². The van der Waals surface area contributed by atoms with E-state index in [4.69, 9.17) is 0 Å². The van der Waals surface area contributed by atoms with Crippen LogP contribution in [0.25, 0.3) is 5.57 Å². The van der Waals surface area contributed by atoms with Crippen molar-refractivity contribution < 1.29 is 13.2 Å². The Morgan fingerprint density at radius 2 is 1.77 bits per heavy atom. The molecule has 0 bridgehead atoms. The summed E-state index contributed by atoms with van der Waals surface area (Å²) in [5, 5.41) is 1.64. The van der Waals surface area contributed by atoms with Crippen molar-refractivity contribution in [2.75, 3.05) is 17.8 Å². The normalized spacial score (nSPS) is 14.3. The Morgan fingerprint density at radius 1 is 1.03 bits per heavy atom. The predicted molar refractivity (Wildman–Crippen MR) is 121 cm³/mol. The molecule has 3 aromatic rings. The maximum Gasteiger partial charge on any atom is 0.265 e. The van der Waals surface area contributed by atoms with Gasteiger partial charge in [0, 0.05) is 18.8 Å². The van der Waals surface area contributed by atoms with Gasteiger partial charge >= 0.3 is 0 Å². The first-order valence-electron chi connectivity index (χ1n) is 9.65. The first kappa shape index (κ1) is 20.4. The number of anilines is 1. The maximum atomic E-state index is 13.1. The lowest BCUT2D eigenvalue weighted by Gasteiger charge is -2.26. The predicted octanol–water partition coefficient (Wildman–Crippen LogP) is 4.79. The van der Waals surface area contributed by atoms with E-state index in [0.717, 1.165) is 28.9 Å². The number of thiophene rings is 1. The van der Waals surface area contributed by atoms with Crippen molar-refractivity contribution >= 4 is 38.5 Å². The van der Waals surface area contributed by atoms with Crippen molar-refractivity contribution in [3.8, 4) is 0 Å². The standard InChI is InChI=1S/C23H22N2O3S2/c1-17-7-9-20(10-8-17)24-30(27,28)21-13-16-29-22(21)23(26)25-14-11-19(12-15-25)18-5-3-2-4-6-18/h2-11,13,16,24H,12,14-15H2,1H3. The minimum atomic E-state index is -3.85. The second kappa shape index (κ2) is 8.45. The quantitative estimate of drug-likeness (QED) is 0.623. The molecular formula is C23H22N2O3S2. The zero-order valence-corrected chi connectivity index (χ0v) is 18.2. The summed E-state index contributed by atoms with van der Waals surface area (Å²) < 4.78 is 28.4. The van der Waals surface area contributed by atoms with E-state index in [1.807, 2.05) is 43.3 Å². The molecule has 2 aromatic carbocycles. The Balaban J connectivity index is 1.52. The van der Waals surface area contributed by atoms with Gasteiger partial charge in [-0.15, -0.1) is 11.3 Å². The van der Waals surface area contributed by atoms with Gasteiger partial charge in [0.1, 0.15) is 9.77 Å². The molecule has 1 aromatic heterocycles. The zero-order valence-electron chi connectivity index (χ0n) is 16.5. The second-order valence-electron chi connectivity index (χ2n) is 7.18. The van der Waals surface area contributed by atoms with E-state index >= 15 is 0 Å². The lowest BCUT2D eigenvalue weighted by Crippen LogP contribution is -2.35. The molecule has 0 aliphatic carbocycles. The summed E-state index contributed by atoms with van der Waals surface area (Å²) in [4.78, 5) is 15.0. The summed E-state index contributed by atoms with van der Waals surface area (Å²) in [6.45, 7) is 2.96. The molecular weight excluding hydrogens is 416 g/mol. The number of nitrogens with zero attached hydrogens (tertiary/aromatic N) is 1. The Bertz CT molecular complexity index is 1180. The second-order valence-corrected chi connectivity index (χ2v) is 9.75. The summed E-state index contributed by atoms with van der Waals surface area (Å²) in [5.74, 6) is -0.252. The van der Waals surface area contributed by atoms with E-state index in [1.54, 1.807) is 22.4 Å². The largest absolute Gasteiger partial charge is 0.334 e. The van der Waals surface area contributed by atoms with Crippen LogP contribution in [0, 0.1) is 6.92 Å². The van der Waals surface area contributed by atoms with Gasteiger partial charge < -0.3 is 4.90 Å². The van der Waals surface area contributed by atoms with Crippen LogP contribution >= 0.6 is 11.3 Å². The maximum absolute atomic E-state index is 13.1. The number of sulfonamides is 1. The minimum Gasteiger partial charge on any atom is -0.334 e. The van der Waals surface area contributed by atoms with Crippen LogP contribution in [-0.4, -0.2) is 32.3 Å². The van der Waals surface area contributed by atoms with Crippen LogP contribution in [0.2, 0.25) is 0 Å². The molecule has 4 rings (SSSR count). The molecule has 1 aliphatic heterocycles. The third-order valence-corrected chi connectivity index (χ3v) is 7.51. The number of hydrogen-bond acceptors (Lipinski definition) is 4. The van der Waals surface area contributed by atoms with E-state index in [0.29, 0.717) is 18.8 Å². The van der Waals surface area contributed by atoms with Crippen LogP contribution in [-0.2, 0) is 10.0 Å². The zero-order chi connectivity index (χ0) is 21.1. The molecule has 1 aliphatic rings. The molecule has 30 heavy (non-hydrogen) atoms. The molecule has 0 unspecified atom stereocenters. The van der Waals surface area contributed by atoms with Crippen LogP contribution in [0.1, 0.15) is 27.2 Å². The molecule has 5 nitrogen and oxygen atoms in total. The van der Waals surface area contributed by atoms with E-state index in [9.17, 15) is 13.2 Å². The topological polar surface area (TPSA) is 66.5 Å². The molecule has 1 amide bonds. The number of rotatable bonds is 5. The van der Waals surface area contributed by atoms with Gasteiger partial charge in [0.2, 0.25) is 0 Å². The lowest BCUT2D eigenvalue weighted by molar-refractivity contribution is 0.0774. The van der Waals surface area contributed by atoms with Crippen LogP contribution in [0.15, 0.2) is 77.0 Å². The van der Waals surface area contributed by atoms with Crippen molar-refractivity contribution in [3.63, 3.8) is 0 Å². The van der Waals surface area contributed by atoms with Gasteiger partial charge in [-0.3, -0.25) is 9.52 Å². The van der Waals surface area contributed by atoms with Gasteiger partial charge in [0.25, 0.3) is 15.9 Å². The fraction of sp³-hybridized carbons (Fsp3) is 0.174. The fourth-order valence-electron chi connectivity index (χ4n) is 3.41. The molecule has 0 spiro atoms. The Kier molecular flexibility index (Phi) is 5.74. The molecule has 0 saturated heterocycles. The Morgan fingerprint density at radius 3 is 2.43 bits per heavy atom. The highest BCUT2D eigenvalue weighted by Gasteiger charge is 2.28. The van der Waals surface area contributed by atoms with Crippen LogP contribution in [0.5, 0.6) is 0 Å². The summed E-state index contributed by atoms with van der Waals surface area (Å²) >= 11 is 1.16. The number of carbonyl (C=O) groups is 1. The Hall–Kier alpha value is -2.90. The van der Waals surface area contributed by atoms with Crippen molar-refractivity contribution in [3.05, 3.63) is 88.1 Å². The van der Waals surface area contributed by atoms with Crippen molar-refractivity contribution in [2.24, 2.45) is 0 Å². The number of amides is 1. The van der Waals surface area contributed by atoms with E-state index in [-0.39, 0.29) is 15.7 Å². The van der Waals surface area contributed by atoms with Crippen LogP contribution in [0.4, 0.5) is 5.69 Å². The molecule has 7 heteroatoms. The van der Waals surface area contributed by atoms with Crippen LogP contribution < -0.4 is 4.72 Å². The molecule has 2 heterocycles. The third kappa shape index (κ3) is 4.32. The number of aryl methyl sites for hydroxylation is 1. The third-order valence-electron chi connectivity index (χ3n) is 5.06. The molecule has 154 valence electrons. The number of carbonyl (C=O) groups excluding carboxylic acids is 1. The average molecular weight is 439 g/mol. The first-order chi connectivity index (χ1) is 14.4. The van der Waals surface area contributed by atoms with Gasteiger partial charge in [-0.2, -0.15) is 0 Å². The van der Waals surface area contributed by atoms with Gasteiger partial charge in [-0.05, 0) is 48.1 Å². The minimum absolute atomic E-state index is 0.0240. The summed E-state index contributed by atoms with van der Waals surface area (Å²) in [5.41, 5.74) is 3.88. The summed E-state index contributed by atoms with van der Waals surface area (Å²) in [7, 11) is -3.85. The number of hydrogen-bond donors (Lipinski definition) is 1. The van der Waals surface area contributed by atoms with E-state index in [2.05, 4.69) is 16.9 Å². The number of nitrogens with one attached hydrogen (secondary N) is 1. The monoisotopic (exact) mass is 438 g/mol. The first-order valence-corrected chi connectivity index (χ1v) is 12.0. The van der Waals surface area contributed by atoms with Gasteiger partial charge in [0.15, 0.2) is 0 Å².